The van der Waals surface area contributed by atoms with Crippen LogP contribution in [0.15, 0.2) is 30.3 Å². The average molecular weight is 491 g/mol. The van der Waals surface area contributed by atoms with Crippen LogP contribution in [0.3, 0.4) is 0 Å². The fraction of sp³-hybridized carbons (Fsp3) is 0.679. The average Bonchev–Trinajstić information content (AvgIpc) is 2.85. The number of rotatable bonds is 21. The largest absolute Gasteiger partial charge is 0.480 e. The van der Waals surface area contributed by atoms with E-state index in [0.717, 1.165) is 18.4 Å². The number of aliphatic carboxylic acids is 1. The fourth-order valence-electron chi connectivity index (χ4n) is 3.90. The summed E-state index contributed by atoms with van der Waals surface area (Å²) in [5.41, 5.74) is 0.832. The number of carbonyl (C=O) groups excluding carboxylic acids is 2. The summed E-state index contributed by atoms with van der Waals surface area (Å²) in [6.07, 6.45) is 15.1. The van der Waals surface area contributed by atoms with E-state index in [1.807, 2.05) is 30.3 Å². The molecule has 0 fully saturated rings. The van der Waals surface area contributed by atoms with E-state index in [-0.39, 0.29) is 18.9 Å². The molecule has 0 saturated carbocycles. The van der Waals surface area contributed by atoms with Gasteiger partial charge in [0, 0.05) is 13.0 Å². The zero-order valence-electron chi connectivity index (χ0n) is 21.6. The smallest absolute Gasteiger partial charge is 0.408 e. The molecule has 1 rings (SSSR count). The Morgan fingerprint density at radius 3 is 2.03 bits per heavy atom. The first kappa shape index (κ1) is 30.5. The summed E-state index contributed by atoms with van der Waals surface area (Å²) in [6.45, 7) is 2.84. The van der Waals surface area contributed by atoms with E-state index in [4.69, 9.17) is 4.74 Å². The summed E-state index contributed by atoms with van der Waals surface area (Å²) in [7, 11) is 0. The van der Waals surface area contributed by atoms with Crippen LogP contribution in [-0.2, 0) is 20.9 Å². The molecule has 0 aliphatic carbocycles. The number of alkyl carbamates (subject to hydrolysis) is 1. The highest BCUT2D eigenvalue weighted by Crippen LogP contribution is 2.12. The first-order valence-electron chi connectivity index (χ1n) is 13.5. The predicted molar refractivity (Wildman–Crippen MR) is 139 cm³/mol. The van der Waals surface area contributed by atoms with Gasteiger partial charge in [0.1, 0.15) is 12.6 Å². The Morgan fingerprint density at radius 1 is 0.829 bits per heavy atom. The molecule has 0 aliphatic heterocycles. The van der Waals surface area contributed by atoms with E-state index in [1.54, 1.807) is 0 Å². The van der Waals surface area contributed by atoms with Crippen molar-refractivity contribution in [3.05, 3.63) is 35.9 Å². The summed E-state index contributed by atoms with van der Waals surface area (Å²) in [4.78, 5) is 35.3. The third kappa shape index (κ3) is 17.5. The number of benzene rings is 1. The summed E-state index contributed by atoms with van der Waals surface area (Å²) in [6, 6.07) is 8.19. The minimum atomic E-state index is -1.10. The molecule has 0 radical (unpaired) electrons. The van der Waals surface area contributed by atoms with Crippen molar-refractivity contribution in [2.24, 2.45) is 0 Å². The second-order valence-electron chi connectivity index (χ2n) is 9.23. The Morgan fingerprint density at radius 2 is 1.43 bits per heavy atom. The number of ether oxygens (including phenoxy) is 1. The van der Waals surface area contributed by atoms with Crippen LogP contribution in [0.2, 0.25) is 0 Å². The molecule has 7 nitrogen and oxygen atoms in total. The molecule has 0 unspecified atom stereocenters. The zero-order chi connectivity index (χ0) is 25.6. The van der Waals surface area contributed by atoms with Gasteiger partial charge in [-0.25, -0.2) is 9.59 Å². The van der Waals surface area contributed by atoms with E-state index < -0.39 is 18.1 Å². The Bertz CT molecular complexity index is 696. The van der Waals surface area contributed by atoms with Gasteiger partial charge in [-0.1, -0.05) is 101 Å². The van der Waals surface area contributed by atoms with Crippen molar-refractivity contribution in [2.75, 3.05) is 6.54 Å². The lowest BCUT2D eigenvalue weighted by molar-refractivity contribution is -0.139. The van der Waals surface area contributed by atoms with E-state index in [1.165, 1.54) is 57.8 Å². The molecule has 1 atom stereocenters. The van der Waals surface area contributed by atoms with Crippen LogP contribution in [-0.4, -0.2) is 35.7 Å². The standard InChI is InChI=1S/C28H46N2O5/c1-2-3-4-5-6-7-8-9-10-11-15-21-26(31)29-22-17-16-20-25(27(32)33)30-28(34)35-23-24-18-13-12-14-19-24/h12-14,18-19,25H,2-11,15-17,20-23H2,1H3,(H,29,31)(H,30,34)(H,32,33)/t25-/m0/s1. The van der Waals surface area contributed by atoms with Crippen LogP contribution in [0.25, 0.3) is 0 Å². The van der Waals surface area contributed by atoms with Crippen LogP contribution >= 0.6 is 0 Å². The van der Waals surface area contributed by atoms with Gasteiger partial charge in [-0.15, -0.1) is 0 Å². The SMILES string of the molecule is CCCCCCCCCCCCCC(=O)NCCCC[C@H](NC(=O)OCc1ccccc1)C(=O)O. The van der Waals surface area contributed by atoms with Crippen LogP contribution in [0.5, 0.6) is 0 Å². The molecule has 0 aliphatic rings. The van der Waals surface area contributed by atoms with Crippen molar-refractivity contribution in [1.82, 2.24) is 10.6 Å². The highest BCUT2D eigenvalue weighted by atomic mass is 16.5. The van der Waals surface area contributed by atoms with Gasteiger partial charge in [-0.3, -0.25) is 4.79 Å². The molecule has 7 heteroatoms. The predicted octanol–water partition coefficient (Wildman–Crippen LogP) is 6.35. The van der Waals surface area contributed by atoms with Gasteiger partial charge in [-0.05, 0) is 31.2 Å². The quantitative estimate of drug-likeness (QED) is 0.174. The lowest BCUT2D eigenvalue weighted by Gasteiger charge is -2.14. The van der Waals surface area contributed by atoms with Crippen molar-refractivity contribution < 1.29 is 24.2 Å². The van der Waals surface area contributed by atoms with Gasteiger partial charge >= 0.3 is 12.1 Å². The van der Waals surface area contributed by atoms with Gasteiger partial charge in [0.25, 0.3) is 0 Å². The number of carboxylic acid groups (broad SMARTS) is 1. The van der Waals surface area contributed by atoms with E-state index in [9.17, 15) is 19.5 Å². The molecule has 0 aromatic heterocycles. The van der Waals surface area contributed by atoms with Gasteiger partial charge < -0.3 is 20.5 Å². The second-order valence-corrected chi connectivity index (χ2v) is 9.23. The molecule has 0 saturated heterocycles. The van der Waals surface area contributed by atoms with Crippen LogP contribution in [0, 0.1) is 0 Å². The molecule has 1 aromatic rings. The second kappa shape index (κ2) is 20.8. The highest BCUT2D eigenvalue weighted by Gasteiger charge is 2.20. The van der Waals surface area contributed by atoms with Crippen molar-refractivity contribution in [3.8, 4) is 0 Å². The maximum Gasteiger partial charge on any atom is 0.408 e. The number of hydrogen-bond donors (Lipinski definition) is 3. The zero-order valence-corrected chi connectivity index (χ0v) is 21.6. The Labute approximate surface area is 211 Å². The van der Waals surface area contributed by atoms with E-state index in [0.29, 0.717) is 25.8 Å². The van der Waals surface area contributed by atoms with Gasteiger partial charge in [-0.2, -0.15) is 0 Å². The van der Waals surface area contributed by atoms with E-state index in [2.05, 4.69) is 17.6 Å². The molecule has 2 amide bonds. The molecular formula is C28H46N2O5. The Balaban J connectivity index is 2.00. The van der Waals surface area contributed by atoms with Crippen LogP contribution in [0.4, 0.5) is 4.79 Å². The Hall–Kier alpha value is -2.57. The van der Waals surface area contributed by atoms with Gasteiger partial charge in [0.05, 0.1) is 0 Å². The van der Waals surface area contributed by atoms with Gasteiger partial charge in [0.2, 0.25) is 5.91 Å². The molecule has 35 heavy (non-hydrogen) atoms. The maximum atomic E-state index is 12.0. The number of nitrogens with one attached hydrogen (secondary N) is 2. The lowest BCUT2D eigenvalue weighted by Crippen LogP contribution is -2.41. The topological polar surface area (TPSA) is 105 Å². The number of carboxylic acids is 1. The molecule has 3 N–H and O–H groups in total. The third-order valence-corrected chi connectivity index (χ3v) is 6.05. The first-order valence-corrected chi connectivity index (χ1v) is 13.5. The maximum absolute atomic E-state index is 12.0. The highest BCUT2D eigenvalue weighted by molar-refractivity contribution is 5.79. The van der Waals surface area contributed by atoms with Crippen LogP contribution < -0.4 is 10.6 Å². The first-order chi connectivity index (χ1) is 17.0. The molecule has 1 aromatic carbocycles. The molecule has 0 bridgehead atoms. The summed E-state index contributed by atoms with van der Waals surface area (Å²) in [5, 5.41) is 14.6. The van der Waals surface area contributed by atoms with Crippen molar-refractivity contribution in [1.29, 1.82) is 0 Å². The molecular weight excluding hydrogens is 444 g/mol. The number of carbonyl (C=O) groups is 3. The normalized spacial score (nSPS) is 11.6. The van der Waals surface area contributed by atoms with Crippen molar-refractivity contribution in [3.63, 3.8) is 0 Å². The summed E-state index contributed by atoms with van der Waals surface area (Å²) in [5.74, 6) is -1.04. The lowest BCUT2D eigenvalue weighted by atomic mass is 10.1. The van der Waals surface area contributed by atoms with Gasteiger partial charge in [0.15, 0.2) is 0 Å². The number of hydrogen-bond acceptors (Lipinski definition) is 4. The molecule has 0 spiro atoms. The molecule has 198 valence electrons. The third-order valence-electron chi connectivity index (χ3n) is 6.05. The van der Waals surface area contributed by atoms with E-state index >= 15 is 0 Å². The fourth-order valence-corrected chi connectivity index (χ4v) is 3.90. The Kier molecular flexibility index (Phi) is 18.1. The van der Waals surface area contributed by atoms with Crippen molar-refractivity contribution >= 4 is 18.0 Å². The van der Waals surface area contributed by atoms with Crippen LogP contribution in [0.1, 0.15) is 109 Å². The number of amides is 2. The summed E-state index contributed by atoms with van der Waals surface area (Å²) >= 11 is 0. The summed E-state index contributed by atoms with van der Waals surface area (Å²) < 4.78 is 5.09. The van der Waals surface area contributed by atoms with Crippen molar-refractivity contribution in [2.45, 2.75) is 116 Å². The minimum Gasteiger partial charge on any atom is -0.480 e. The minimum absolute atomic E-state index is 0.0540. The number of unbranched alkanes of at least 4 members (excludes halogenated alkanes) is 11. The molecule has 0 heterocycles. The monoisotopic (exact) mass is 490 g/mol.